The second-order valence-corrected chi connectivity index (χ2v) is 5.59. The quantitative estimate of drug-likeness (QED) is 0.866. The van der Waals surface area contributed by atoms with Gasteiger partial charge in [0.05, 0.1) is 4.91 Å². The third-order valence-corrected chi connectivity index (χ3v) is 3.77. The number of thioether (sulfide) groups is 1. The Morgan fingerprint density at radius 1 is 1.39 bits per heavy atom. The Morgan fingerprint density at radius 2 is 2.17 bits per heavy atom. The van der Waals surface area contributed by atoms with Crippen LogP contribution in [0.15, 0.2) is 33.6 Å². The Hall–Kier alpha value is -1.11. The van der Waals surface area contributed by atoms with Crippen LogP contribution < -0.4 is 5.73 Å². The molecule has 0 bridgehead atoms. The van der Waals surface area contributed by atoms with Crippen LogP contribution in [-0.2, 0) is 4.79 Å². The summed E-state index contributed by atoms with van der Waals surface area (Å²) >= 11 is 4.31. The normalized spacial score (nSPS) is 17.9. The third kappa shape index (κ3) is 2.82. The van der Waals surface area contributed by atoms with Crippen molar-refractivity contribution in [2.75, 3.05) is 13.1 Å². The highest BCUT2D eigenvalue weighted by atomic mass is 79.9. The van der Waals surface area contributed by atoms with E-state index in [-0.39, 0.29) is 24.2 Å². The Bertz CT molecular complexity index is 531. The standard InChI is InChI=1S/C12H11BrN2O2S/c13-9-3-1-2-8(6-9)7-10-11(16)15(5-4-14)12(17)18-10/h1-3,6-7H,4-5,14H2/b10-7-. The van der Waals surface area contributed by atoms with E-state index in [1.165, 1.54) is 4.90 Å². The van der Waals surface area contributed by atoms with Gasteiger partial charge in [-0.2, -0.15) is 0 Å². The second-order valence-electron chi connectivity index (χ2n) is 3.68. The highest BCUT2D eigenvalue weighted by Gasteiger charge is 2.34. The van der Waals surface area contributed by atoms with Crippen LogP contribution in [-0.4, -0.2) is 29.1 Å². The van der Waals surface area contributed by atoms with E-state index in [2.05, 4.69) is 15.9 Å². The first-order valence-corrected chi connectivity index (χ1v) is 6.94. The zero-order valence-corrected chi connectivity index (χ0v) is 11.8. The molecule has 18 heavy (non-hydrogen) atoms. The Morgan fingerprint density at radius 3 is 2.83 bits per heavy atom. The van der Waals surface area contributed by atoms with E-state index in [1.807, 2.05) is 24.3 Å². The van der Waals surface area contributed by atoms with Crippen LogP contribution in [0.2, 0.25) is 0 Å². The number of halogens is 1. The van der Waals surface area contributed by atoms with Crippen molar-refractivity contribution in [3.05, 3.63) is 39.2 Å². The van der Waals surface area contributed by atoms with Crippen LogP contribution in [0.4, 0.5) is 4.79 Å². The number of carbonyl (C=O) groups is 2. The smallest absolute Gasteiger partial charge is 0.293 e. The summed E-state index contributed by atoms with van der Waals surface area (Å²) < 4.78 is 0.928. The van der Waals surface area contributed by atoms with E-state index in [0.29, 0.717) is 4.91 Å². The van der Waals surface area contributed by atoms with E-state index >= 15 is 0 Å². The largest absolute Gasteiger partial charge is 0.329 e. The van der Waals surface area contributed by atoms with Gasteiger partial charge in [-0.1, -0.05) is 28.1 Å². The van der Waals surface area contributed by atoms with Gasteiger partial charge in [-0.05, 0) is 35.5 Å². The molecule has 0 spiro atoms. The number of nitrogens with zero attached hydrogens (tertiary/aromatic N) is 1. The first-order chi connectivity index (χ1) is 8.61. The molecule has 0 unspecified atom stereocenters. The minimum atomic E-state index is -0.268. The maximum Gasteiger partial charge on any atom is 0.293 e. The fraction of sp³-hybridized carbons (Fsp3) is 0.167. The lowest BCUT2D eigenvalue weighted by Gasteiger charge is -2.09. The number of amides is 2. The molecule has 1 aromatic carbocycles. The molecule has 1 aromatic rings. The lowest BCUT2D eigenvalue weighted by Crippen LogP contribution is -2.33. The molecule has 0 saturated carbocycles. The molecular weight excluding hydrogens is 316 g/mol. The SMILES string of the molecule is NCCN1C(=O)S/C(=C\c2cccc(Br)c2)C1=O. The van der Waals surface area contributed by atoms with Crippen LogP contribution in [0.1, 0.15) is 5.56 Å². The molecule has 2 N–H and O–H groups in total. The molecule has 1 heterocycles. The van der Waals surface area contributed by atoms with Crippen LogP contribution in [0.25, 0.3) is 6.08 Å². The van der Waals surface area contributed by atoms with Crippen LogP contribution in [0.5, 0.6) is 0 Å². The second kappa shape index (κ2) is 5.69. The van der Waals surface area contributed by atoms with Crippen molar-refractivity contribution in [1.82, 2.24) is 4.90 Å². The lowest BCUT2D eigenvalue weighted by atomic mass is 10.2. The molecule has 0 atom stereocenters. The molecule has 2 amide bonds. The van der Waals surface area contributed by atoms with Gasteiger partial charge in [0.15, 0.2) is 0 Å². The average Bonchev–Trinajstić information content (AvgIpc) is 2.57. The number of hydrogen-bond donors (Lipinski definition) is 1. The Balaban J connectivity index is 2.25. The number of rotatable bonds is 3. The van der Waals surface area contributed by atoms with Crippen molar-refractivity contribution in [2.45, 2.75) is 0 Å². The lowest BCUT2D eigenvalue weighted by molar-refractivity contribution is -0.122. The highest BCUT2D eigenvalue weighted by Crippen LogP contribution is 2.32. The van der Waals surface area contributed by atoms with Gasteiger partial charge in [0.2, 0.25) is 0 Å². The number of benzene rings is 1. The molecular formula is C12H11BrN2O2S. The molecule has 1 aliphatic rings. The minimum Gasteiger partial charge on any atom is -0.329 e. The predicted molar refractivity (Wildman–Crippen MR) is 75.9 cm³/mol. The van der Waals surface area contributed by atoms with Gasteiger partial charge in [-0.3, -0.25) is 14.5 Å². The van der Waals surface area contributed by atoms with E-state index in [4.69, 9.17) is 5.73 Å². The summed E-state index contributed by atoms with van der Waals surface area (Å²) in [6.45, 7) is 0.544. The van der Waals surface area contributed by atoms with Crippen LogP contribution >= 0.6 is 27.7 Å². The van der Waals surface area contributed by atoms with Crippen molar-refractivity contribution in [3.8, 4) is 0 Å². The van der Waals surface area contributed by atoms with Crippen LogP contribution in [0, 0.1) is 0 Å². The molecule has 2 rings (SSSR count). The zero-order valence-electron chi connectivity index (χ0n) is 9.43. The Labute approximate surface area is 117 Å². The van der Waals surface area contributed by atoms with Crippen molar-refractivity contribution in [1.29, 1.82) is 0 Å². The van der Waals surface area contributed by atoms with E-state index in [0.717, 1.165) is 21.8 Å². The summed E-state index contributed by atoms with van der Waals surface area (Å²) in [5, 5.41) is -0.258. The minimum absolute atomic E-state index is 0.258. The maximum absolute atomic E-state index is 11.9. The van der Waals surface area contributed by atoms with Gasteiger partial charge < -0.3 is 5.73 Å². The average molecular weight is 327 g/mol. The summed E-state index contributed by atoms with van der Waals surface area (Å²) in [7, 11) is 0. The number of carbonyl (C=O) groups excluding carboxylic acids is 2. The molecule has 1 fully saturated rings. The van der Waals surface area contributed by atoms with Gasteiger partial charge in [0.1, 0.15) is 0 Å². The molecule has 0 radical (unpaired) electrons. The summed E-state index contributed by atoms with van der Waals surface area (Å²) in [4.78, 5) is 25.2. The number of nitrogens with two attached hydrogens (primary N) is 1. The summed E-state index contributed by atoms with van der Waals surface area (Å²) in [6.07, 6.45) is 1.71. The van der Waals surface area contributed by atoms with E-state index in [1.54, 1.807) is 6.08 Å². The first-order valence-electron chi connectivity index (χ1n) is 5.33. The zero-order chi connectivity index (χ0) is 13.1. The van der Waals surface area contributed by atoms with Crippen molar-refractivity contribution >= 4 is 44.9 Å². The molecule has 1 aliphatic heterocycles. The molecule has 1 saturated heterocycles. The maximum atomic E-state index is 11.9. The molecule has 94 valence electrons. The molecule has 0 aliphatic carbocycles. The Kier molecular flexibility index (Phi) is 4.21. The molecule has 4 nitrogen and oxygen atoms in total. The van der Waals surface area contributed by atoms with Gasteiger partial charge in [0.25, 0.3) is 11.1 Å². The fourth-order valence-electron chi connectivity index (χ4n) is 1.57. The van der Waals surface area contributed by atoms with Gasteiger partial charge >= 0.3 is 0 Å². The first kappa shape index (κ1) is 13.3. The molecule has 6 heteroatoms. The predicted octanol–water partition coefficient (Wildman–Crippen LogP) is 2.44. The van der Waals surface area contributed by atoms with E-state index < -0.39 is 0 Å². The van der Waals surface area contributed by atoms with Crippen molar-refractivity contribution in [2.24, 2.45) is 5.73 Å². The molecule has 0 aromatic heterocycles. The fourth-order valence-corrected chi connectivity index (χ4v) is 2.85. The van der Waals surface area contributed by atoms with Gasteiger partial charge in [-0.15, -0.1) is 0 Å². The number of hydrogen-bond acceptors (Lipinski definition) is 4. The van der Waals surface area contributed by atoms with Gasteiger partial charge in [0, 0.05) is 17.6 Å². The summed E-state index contributed by atoms with van der Waals surface area (Å²) in [6, 6.07) is 7.54. The van der Waals surface area contributed by atoms with Crippen molar-refractivity contribution in [3.63, 3.8) is 0 Å². The summed E-state index contributed by atoms with van der Waals surface area (Å²) in [5.41, 5.74) is 6.25. The van der Waals surface area contributed by atoms with Crippen molar-refractivity contribution < 1.29 is 9.59 Å². The van der Waals surface area contributed by atoms with E-state index in [9.17, 15) is 9.59 Å². The monoisotopic (exact) mass is 326 g/mol. The highest BCUT2D eigenvalue weighted by molar-refractivity contribution is 9.10. The van der Waals surface area contributed by atoms with Crippen LogP contribution in [0.3, 0.4) is 0 Å². The summed E-state index contributed by atoms with van der Waals surface area (Å²) in [5.74, 6) is -0.268. The number of imide groups is 1. The van der Waals surface area contributed by atoms with Gasteiger partial charge in [-0.25, -0.2) is 0 Å². The topological polar surface area (TPSA) is 63.4 Å². The third-order valence-electron chi connectivity index (χ3n) is 2.37.